The number of aryl methyl sites for hydroxylation is 1. The fourth-order valence-corrected chi connectivity index (χ4v) is 3.92. The normalized spacial score (nSPS) is 10.6. The number of hydrogen-bond donors (Lipinski definition) is 1. The quantitative estimate of drug-likeness (QED) is 0.380. The summed E-state index contributed by atoms with van der Waals surface area (Å²) in [6.45, 7) is 2.12. The van der Waals surface area contributed by atoms with Gasteiger partial charge in [-0.25, -0.2) is 4.98 Å². The maximum Gasteiger partial charge on any atom is 0.364 e. The Morgan fingerprint density at radius 1 is 1.21 bits per heavy atom. The summed E-state index contributed by atoms with van der Waals surface area (Å²) in [6.07, 6.45) is 2.92. The molecule has 1 amide bonds. The minimum atomic E-state index is -0.615. The highest BCUT2D eigenvalue weighted by Crippen LogP contribution is 2.35. The van der Waals surface area contributed by atoms with E-state index in [0.717, 1.165) is 47.3 Å². The fourth-order valence-electron chi connectivity index (χ4n) is 2.93. The molecule has 0 saturated heterocycles. The van der Waals surface area contributed by atoms with Crippen LogP contribution >= 0.6 is 22.9 Å². The van der Waals surface area contributed by atoms with Gasteiger partial charge in [-0.15, -0.1) is 0 Å². The molecule has 0 radical (unpaired) electrons. The average molecular weight is 416 g/mol. The number of nitrogens with zero attached hydrogens (tertiary/aromatic N) is 2. The van der Waals surface area contributed by atoms with Crippen LogP contribution in [0.2, 0.25) is 5.15 Å². The number of thiazole rings is 1. The standard InChI is InChI=1S/C20H18ClN3O3S/c1-2-3-8-13-11-7-12-15(16(13)14-9-5-4-6-10-14)18(25)23-20-22-17(21)19(28-20)24(26)27/h4-7,9-12H,2-3,8H2,1H3,(H,22,23,25). The molecule has 144 valence electrons. The Morgan fingerprint density at radius 2 is 1.96 bits per heavy atom. The first-order chi connectivity index (χ1) is 13.5. The molecule has 0 atom stereocenters. The topological polar surface area (TPSA) is 85.1 Å². The predicted octanol–water partition coefficient (Wildman–Crippen LogP) is 5.97. The summed E-state index contributed by atoms with van der Waals surface area (Å²) in [4.78, 5) is 27.2. The van der Waals surface area contributed by atoms with Crippen molar-refractivity contribution in [1.29, 1.82) is 0 Å². The molecule has 0 aliphatic rings. The lowest BCUT2D eigenvalue weighted by Gasteiger charge is -2.14. The summed E-state index contributed by atoms with van der Waals surface area (Å²) in [5.41, 5.74) is 3.39. The SMILES string of the molecule is CCCCc1cccc(C(=O)Nc2nc(Cl)c([N+](=O)[O-])s2)c1-c1ccccc1. The van der Waals surface area contributed by atoms with E-state index in [1.807, 2.05) is 42.5 Å². The summed E-state index contributed by atoms with van der Waals surface area (Å²) in [5, 5.41) is 13.2. The van der Waals surface area contributed by atoms with Crippen LogP contribution in [0.25, 0.3) is 11.1 Å². The van der Waals surface area contributed by atoms with Crippen molar-refractivity contribution in [3.05, 3.63) is 74.9 Å². The molecule has 8 heteroatoms. The molecule has 0 bridgehead atoms. The average Bonchev–Trinajstić information content (AvgIpc) is 3.07. The molecule has 0 aliphatic heterocycles. The van der Waals surface area contributed by atoms with Crippen LogP contribution in [0.1, 0.15) is 35.7 Å². The second-order valence-electron chi connectivity index (χ2n) is 6.14. The number of anilines is 1. The first-order valence-electron chi connectivity index (χ1n) is 8.80. The van der Waals surface area contributed by atoms with Gasteiger partial charge in [0.05, 0.1) is 4.92 Å². The third-order valence-electron chi connectivity index (χ3n) is 4.21. The van der Waals surface area contributed by atoms with Gasteiger partial charge < -0.3 is 0 Å². The largest absolute Gasteiger partial charge is 0.364 e. The maximum absolute atomic E-state index is 13.0. The van der Waals surface area contributed by atoms with Crippen molar-refractivity contribution in [2.45, 2.75) is 26.2 Å². The Labute approximate surface area is 171 Å². The number of aromatic nitrogens is 1. The number of carbonyl (C=O) groups is 1. The van der Waals surface area contributed by atoms with Gasteiger partial charge in [-0.2, -0.15) is 0 Å². The van der Waals surface area contributed by atoms with Gasteiger partial charge in [0.15, 0.2) is 5.13 Å². The number of nitro groups is 1. The second kappa shape index (κ2) is 8.95. The highest BCUT2D eigenvalue weighted by molar-refractivity contribution is 7.19. The zero-order valence-corrected chi connectivity index (χ0v) is 16.7. The minimum Gasteiger partial charge on any atom is -0.298 e. The van der Waals surface area contributed by atoms with Gasteiger partial charge in [-0.3, -0.25) is 20.2 Å². The summed E-state index contributed by atoms with van der Waals surface area (Å²) < 4.78 is 0. The maximum atomic E-state index is 13.0. The first kappa shape index (κ1) is 20.0. The molecule has 0 fully saturated rings. The Morgan fingerprint density at radius 3 is 2.61 bits per heavy atom. The van der Waals surface area contributed by atoms with Crippen molar-refractivity contribution in [2.75, 3.05) is 5.32 Å². The van der Waals surface area contributed by atoms with E-state index >= 15 is 0 Å². The number of nitrogens with one attached hydrogen (secondary N) is 1. The third-order valence-corrected chi connectivity index (χ3v) is 5.51. The van der Waals surface area contributed by atoms with Gasteiger partial charge in [0.25, 0.3) is 5.91 Å². The number of unbranched alkanes of at least 4 members (excludes halogenated alkanes) is 1. The molecule has 1 N–H and O–H groups in total. The van der Waals surface area contributed by atoms with Gasteiger partial charge in [0.2, 0.25) is 5.15 Å². The van der Waals surface area contributed by atoms with Crippen molar-refractivity contribution in [2.24, 2.45) is 0 Å². The minimum absolute atomic E-state index is 0.0969. The zero-order chi connectivity index (χ0) is 20.1. The molecule has 0 unspecified atom stereocenters. The van der Waals surface area contributed by atoms with Crippen LogP contribution in [0.4, 0.5) is 10.1 Å². The van der Waals surface area contributed by atoms with Crippen molar-refractivity contribution >= 4 is 39.0 Å². The Kier molecular flexibility index (Phi) is 6.38. The number of benzene rings is 2. The highest BCUT2D eigenvalue weighted by Gasteiger charge is 2.22. The van der Waals surface area contributed by atoms with Crippen LogP contribution < -0.4 is 5.32 Å². The lowest BCUT2D eigenvalue weighted by Crippen LogP contribution is -2.14. The number of halogens is 1. The van der Waals surface area contributed by atoms with E-state index in [1.54, 1.807) is 6.07 Å². The van der Waals surface area contributed by atoms with Gasteiger partial charge in [0.1, 0.15) is 0 Å². The van der Waals surface area contributed by atoms with Crippen LogP contribution in [-0.4, -0.2) is 15.8 Å². The second-order valence-corrected chi connectivity index (χ2v) is 7.47. The Bertz CT molecular complexity index is 1010. The van der Waals surface area contributed by atoms with Crippen molar-refractivity contribution in [1.82, 2.24) is 4.98 Å². The smallest absolute Gasteiger partial charge is 0.298 e. The lowest BCUT2D eigenvalue weighted by molar-refractivity contribution is -0.380. The van der Waals surface area contributed by atoms with E-state index in [1.165, 1.54) is 0 Å². The predicted molar refractivity (Wildman–Crippen MR) is 112 cm³/mol. The molecule has 28 heavy (non-hydrogen) atoms. The molecular weight excluding hydrogens is 398 g/mol. The molecule has 0 saturated carbocycles. The summed E-state index contributed by atoms with van der Waals surface area (Å²) >= 11 is 6.52. The molecule has 3 rings (SSSR count). The van der Waals surface area contributed by atoms with Crippen LogP contribution in [0.5, 0.6) is 0 Å². The van der Waals surface area contributed by atoms with Crippen LogP contribution in [0, 0.1) is 10.1 Å². The number of rotatable bonds is 7. The van der Waals surface area contributed by atoms with Gasteiger partial charge in [-0.05, 0) is 46.9 Å². The Hall–Kier alpha value is -2.77. The molecule has 0 spiro atoms. The summed E-state index contributed by atoms with van der Waals surface area (Å²) in [5.74, 6) is -0.377. The molecule has 1 heterocycles. The van der Waals surface area contributed by atoms with Gasteiger partial charge in [0, 0.05) is 5.56 Å². The van der Waals surface area contributed by atoms with Crippen LogP contribution in [0.3, 0.4) is 0 Å². The molecule has 6 nitrogen and oxygen atoms in total. The highest BCUT2D eigenvalue weighted by atomic mass is 35.5. The van der Waals surface area contributed by atoms with E-state index in [9.17, 15) is 14.9 Å². The molecule has 3 aromatic rings. The van der Waals surface area contributed by atoms with Crippen LogP contribution in [-0.2, 0) is 6.42 Å². The van der Waals surface area contributed by atoms with Crippen molar-refractivity contribution in [3.8, 4) is 11.1 Å². The van der Waals surface area contributed by atoms with E-state index in [4.69, 9.17) is 11.6 Å². The fraction of sp³-hybridized carbons (Fsp3) is 0.200. The van der Waals surface area contributed by atoms with Crippen LogP contribution in [0.15, 0.2) is 48.5 Å². The Balaban J connectivity index is 1.99. The van der Waals surface area contributed by atoms with E-state index in [-0.39, 0.29) is 21.2 Å². The number of hydrogen-bond acceptors (Lipinski definition) is 5. The molecule has 2 aromatic carbocycles. The van der Waals surface area contributed by atoms with E-state index in [0.29, 0.717) is 5.56 Å². The molecular formula is C20H18ClN3O3S. The monoisotopic (exact) mass is 415 g/mol. The van der Waals surface area contributed by atoms with E-state index in [2.05, 4.69) is 17.2 Å². The van der Waals surface area contributed by atoms with E-state index < -0.39 is 4.92 Å². The molecule has 0 aliphatic carbocycles. The van der Waals surface area contributed by atoms with Gasteiger partial charge >= 0.3 is 5.00 Å². The number of carbonyl (C=O) groups excluding carboxylic acids is 1. The number of amides is 1. The molecule has 1 aromatic heterocycles. The third kappa shape index (κ3) is 4.37. The van der Waals surface area contributed by atoms with Gasteiger partial charge in [-0.1, -0.05) is 67.4 Å². The summed E-state index contributed by atoms with van der Waals surface area (Å²) in [6, 6.07) is 15.3. The van der Waals surface area contributed by atoms with Crippen molar-refractivity contribution in [3.63, 3.8) is 0 Å². The first-order valence-corrected chi connectivity index (χ1v) is 10.00. The zero-order valence-electron chi connectivity index (χ0n) is 15.1. The lowest BCUT2D eigenvalue weighted by atomic mass is 9.91. The summed E-state index contributed by atoms with van der Waals surface area (Å²) in [7, 11) is 0. The van der Waals surface area contributed by atoms with Crippen molar-refractivity contribution < 1.29 is 9.72 Å².